The van der Waals surface area contributed by atoms with Crippen LogP contribution >= 0.6 is 0 Å². The predicted molar refractivity (Wildman–Crippen MR) is 79.6 cm³/mol. The average Bonchev–Trinajstić information content (AvgIpc) is 2.69. The summed E-state index contributed by atoms with van der Waals surface area (Å²) in [7, 11) is 0. The molecule has 0 bridgehead atoms. The predicted octanol–water partition coefficient (Wildman–Crippen LogP) is 2.62. The molecule has 5 heteroatoms. The van der Waals surface area contributed by atoms with Gasteiger partial charge in [-0.3, -0.25) is 9.69 Å². The largest absolute Gasteiger partial charge is 0.504 e. The lowest BCUT2D eigenvalue weighted by Gasteiger charge is -2.27. The third kappa shape index (κ3) is 3.88. The van der Waals surface area contributed by atoms with Gasteiger partial charge in [-0.15, -0.1) is 0 Å². The maximum atomic E-state index is 11.4. The molecule has 1 unspecified atom stereocenters. The Labute approximate surface area is 125 Å². The lowest BCUT2D eigenvalue weighted by molar-refractivity contribution is -0.143. The fourth-order valence-electron chi connectivity index (χ4n) is 2.82. The van der Waals surface area contributed by atoms with Crippen LogP contribution in [0.1, 0.15) is 38.2 Å². The zero-order chi connectivity index (χ0) is 15.2. The van der Waals surface area contributed by atoms with Gasteiger partial charge in [0.05, 0.1) is 6.61 Å². The van der Waals surface area contributed by atoms with Crippen molar-refractivity contribution in [2.45, 2.75) is 45.2 Å². The number of benzene rings is 1. The van der Waals surface area contributed by atoms with Crippen molar-refractivity contribution in [3.8, 4) is 11.5 Å². The van der Waals surface area contributed by atoms with Gasteiger partial charge in [0.15, 0.2) is 11.5 Å². The minimum Gasteiger partial charge on any atom is -0.504 e. The number of nitrogens with zero attached hydrogens (tertiary/aromatic N) is 1. The van der Waals surface area contributed by atoms with Gasteiger partial charge < -0.3 is 14.9 Å². The molecule has 1 fully saturated rings. The first-order chi connectivity index (χ1) is 10.1. The molecule has 1 atom stereocenters. The van der Waals surface area contributed by atoms with Gasteiger partial charge in [-0.05, 0) is 32.4 Å². The highest BCUT2D eigenvalue weighted by Crippen LogP contribution is 2.31. The number of aliphatic carboxylic acids is 1. The van der Waals surface area contributed by atoms with Gasteiger partial charge in [0.1, 0.15) is 6.04 Å². The first kappa shape index (κ1) is 15.6. The molecule has 1 aromatic carbocycles. The Bertz CT molecular complexity index is 489. The average molecular weight is 293 g/mol. The molecule has 2 N–H and O–H groups in total. The molecule has 0 spiro atoms. The van der Waals surface area contributed by atoms with E-state index in [1.54, 1.807) is 6.07 Å². The van der Waals surface area contributed by atoms with Crippen LogP contribution in [0.5, 0.6) is 11.5 Å². The van der Waals surface area contributed by atoms with Crippen LogP contribution in [0.2, 0.25) is 0 Å². The van der Waals surface area contributed by atoms with E-state index in [-0.39, 0.29) is 5.75 Å². The van der Waals surface area contributed by atoms with E-state index in [9.17, 15) is 15.0 Å². The molecule has 116 valence electrons. The molecule has 1 saturated heterocycles. The van der Waals surface area contributed by atoms with Crippen LogP contribution in [-0.4, -0.2) is 40.3 Å². The zero-order valence-electron chi connectivity index (χ0n) is 12.4. The van der Waals surface area contributed by atoms with E-state index in [0.717, 1.165) is 25.8 Å². The Morgan fingerprint density at radius 3 is 2.90 bits per heavy atom. The number of carbonyl (C=O) groups is 1. The summed E-state index contributed by atoms with van der Waals surface area (Å²) in [6, 6.07) is 4.90. The quantitative estimate of drug-likeness (QED) is 0.873. The van der Waals surface area contributed by atoms with Gasteiger partial charge in [0, 0.05) is 12.1 Å². The minimum atomic E-state index is -0.780. The summed E-state index contributed by atoms with van der Waals surface area (Å²) in [5, 5.41) is 19.6. The van der Waals surface area contributed by atoms with E-state index >= 15 is 0 Å². The van der Waals surface area contributed by atoms with Crippen LogP contribution in [0.25, 0.3) is 0 Å². The first-order valence-electron chi connectivity index (χ1n) is 7.54. The van der Waals surface area contributed by atoms with Gasteiger partial charge in [0.2, 0.25) is 0 Å². The summed E-state index contributed by atoms with van der Waals surface area (Å²) in [6.07, 6.45) is 3.67. The Kier molecular flexibility index (Phi) is 5.44. The number of carboxylic acids is 1. The van der Waals surface area contributed by atoms with Gasteiger partial charge in [-0.2, -0.15) is 0 Å². The SMILES string of the molecule is CCOc1cccc(CN2CCCCCC2C(=O)O)c1O. The highest BCUT2D eigenvalue weighted by atomic mass is 16.5. The normalized spacial score (nSPS) is 20.0. The second-order valence-electron chi connectivity index (χ2n) is 5.37. The molecule has 0 saturated carbocycles. The Hall–Kier alpha value is -1.75. The van der Waals surface area contributed by atoms with Crippen molar-refractivity contribution in [3.05, 3.63) is 23.8 Å². The molecule has 0 aliphatic carbocycles. The van der Waals surface area contributed by atoms with Crippen LogP contribution in [0.3, 0.4) is 0 Å². The molecule has 0 radical (unpaired) electrons. The van der Waals surface area contributed by atoms with Crippen LogP contribution in [0.15, 0.2) is 18.2 Å². The van der Waals surface area contributed by atoms with E-state index < -0.39 is 12.0 Å². The Morgan fingerprint density at radius 2 is 2.19 bits per heavy atom. The third-order valence-electron chi connectivity index (χ3n) is 3.90. The number of hydrogen-bond donors (Lipinski definition) is 2. The van der Waals surface area contributed by atoms with Crippen LogP contribution in [-0.2, 0) is 11.3 Å². The number of hydrogen-bond acceptors (Lipinski definition) is 4. The van der Waals surface area contributed by atoms with E-state index in [4.69, 9.17) is 4.74 Å². The summed E-state index contributed by atoms with van der Waals surface area (Å²) in [5.74, 6) is -0.207. The fraction of sp³-hybridized carbons (Fsp3) is 0.562. The number of phenols is 1. The van der Waals surface area contributed by atoms with Gasteiger partial charge in [-0.25, -0.2) is 0 Å². The van der Waals surface area contributed by atoms with Crippen LogP contribution < -0.4 is 4.74 Å². The smallest absolute Gasteiger partial charge is 0.320 e. The van der Waals surface area contributed by atoms with Gasteiger partial charge >= 0.3 is 5.97 Å². The van der Waals surface area contributed by atoms with Crippen molar-refractivity contribution in [2.24, 2.45) is 0 Å². The van der Waals surface area contributed by atoms with Crippen LogP contribution in [0.4, 0.5) is 0 Å². The summed E-state index contributed by atoms with van der Waals surface area (Å²) in [6.45, 7) is 3.53. The maximum absolute atomic E-state index is 11.4. The standard InChI is InChI=1S/C16H23NO4/c1-2-21-14-9-6-7-12(15(14)18)11-17-10-5-3-4-8-13(17)16(19)20/h6-7,9,13,18H,2-5,8,10-11H2,1H3,(H,19,20). The van der Waals surface area contributed by atoms with Crippen LogP contribution in [0, 0.1) is 0 Å². The number of likely N-dealkylation sites (tertiary alicyclic amines) is 1. The number of rotatable bonds is 5. The summed E-state index contributed by atoms with van der Waals surface area (Å²) in [5.41, 5.74) is 0.717. The molecular weight excluding hydrogens is 270 g/mol. The number of aromatic hydroxyl groups is 1. The minimum absolute atomic E-state index is 0.118. The highest BCUT2D eigenvalue weighted by molar-refractivity contribution is 5.73. The van der Waals surface area contributed by atoms with Crippen molar-refractivity contribution in [2.75, 3.05) is 13.2 Å². The molecule has 5 nitrogen and oxygen atoms in total. The topological polar surface area (TPSA) is 70.0 Å². The van der Waals surface area contributed by atoms with Gasteiger partial charge in [0.25, 0.3) is 0 Å². The molecule has 21 heavy (non-hydrogen) atoms. The second-order valence-corrected chi connectivity index (χ2v) is 5.37. The van der Waals surface area contributed by atoms with Crippen molar-refractivity contribution < 1.29 is 19.7 Å². The molecule has 0 aromatic heterocycles. The molecule has 0 amide bonds. The first-order valence-corrected chi connectivity index (χ1v) is 7.54. The van der Waals surface area contributed by atoms with E-state index in [1.807, 2.05) is 24.0 Å². The molecular formula is C16H23NO4. The summed E-state index contributed by atoms with van der Waals surface area (Å²) >= 11 is 0. The molecule has 1 aliphatic heterocycles. The Balaban J connectivity index is 2.18. The summed E-state index contributed by atoms with van der Waals surface area (Å²) in [4.78, 5) is 13.4. The van der Waals surface area contributed by atoms with Gasteiger partial charge in [-0.1, -0.05) is 25.0 Å². The molecule has 1 aromatic rings. The monoisotopic (exact) mass is 293 g/mol. The van der Waals surface area contributed by atoms with Crippen molar-refractivity contribution in [1.29, 1.82) is 0 Å². The maximum Gasteiger partial charge on any atom is 0.320 e. The molecule has 2 rings (SSSR count). The number of ether oxygens (including phenoxy) is 1. The van der Waals surface area contributed by atoms with E-state index in [1.165, 1.54) is 0 Å². The fourth-order valence-corrected chi connectivity index (χ4v) is 2.82. The van der Waals surface area contributed by atoms with Crippen molar-refractivity contribution in [3.63, 3.8) is 0 Å². The van der Waals surface area contributed by atoms with E-state index in [2.05, 4.69) is 0 Å². The summed E-state index contributed by atoms with van der Waals surface area (Å²) < 4.78 is 5.38. The van der Waals surface area contributed by atoms with Crippen molar-refractivity contribution >= 4 is 5.97 Å². The lowest BCUT2D eigenvalue weighted by Crippen LogP contribution is -2.40. The molecule has 1 aliphatic rings. The lowest BCUT2D eigenvalue weighted by atomic mass is 10.1. The highest BCUT2D eigenvalue weighted by Gasteiger charge is 2.27. The number of para-hydroxylation sites is 1. The zero-order valence-corrected chi connectivity index (χ0v) is 12.4. The van der Waals surface area contributed by atoms with E-state index in [0.29, 0.717) is 30.9 Å². The second kappa shape index (κ2) is 7.31. The molecule has 1 heterocycles. The Morgan fingerprint density at radius 1 is 1.38 bits per heavy atom. The third-order valence-corrected chi connectivity index (χ3v) is 3.90. The number of phenolic OH excluding ortho intramolecular Hbond substituents is 1. The number of carboxylic acid groups (broad SMARTS) is 1. The van der Waals surface area contributed by atoms with Crippen molar-refractivity contribution in [1.82, 2.24) is 4.90 Å².